The van der Waals surface area contributed by atoms with Crippen molar-refractivity contribution in [2.24, 2.45) is 7.05 Å². The van der Waals surface area contributed by atoms with Crippen molar-refractivity contribution >= 4 is 0 Å². The van der Waals surface area contributed by atoms with E-state index in [4.69, 9.17) is 0 Å². The molecule has 1 aromatic heterocycles. The Morgan fingerprint density at radius 1 is 1.47 bits per heavy atom. The van der Waals surface area contributed by atoms with Crippen molar-refractivity contribution in [1.29, 1.82) is 0 Å². The fraction of sp³-hybridized carbons (Fsp3) is 0.333. The van der Waals surface area contributed by atoms with Crippen LogP contribution in [-0.4, -0.2) is 19.9 Å². The van der Waals surface area contributed by atoms with Gasteiger partial charge in [-0.1, -0.05) is 6.07 Å². The lowest BCUT2D eigenvalue weighted by atomic mass is 10.0. The van der Waals surface area contributed by atoms with Crippen LogP contribution in [0.15, 0.2) is 24.5 Å². The van der Waals surface area contributed by atoms with Crippen LogP contribution in [0.4, 0.5) is 4.39 Å². The molecule has 4 nitrogen and oxygen atoms in total. The van der Waals surface area contributed by atoms with E-state index >= 15 is 0 Å². The van der Waals surface area contributed by atoms with Gasteiger partial charge in [0.15, 0.2) is 0 Å². The second-order valence-electron chi connectivity index (χ2n) is 4.02. The molecule has 5 heteroatoms. The van der Waals surface area contributed by atoms with Gasteiger partial charge in [-0.3, -0.25) is 4.68 Å². The molecule has 1 N–H and O–H groups in total. The molecule has 0 bridgehead atoms. The number of rotatable bonds is 3. The zero-order valence-corrected chi connectivity index (χ0v) is 9.76. The van der Waals surface area contributed by atoms with Crippen molar-refractivity contribution < 1.29 is 9.50 Å². The number of aliphatic hydroxyl groups excluding tert-OH is 1. The van der Waals surface area contributed by atoms with E-state index in [1.54, 1.807) is 17.8 Å². The molecule has 90 valence electrons. The molecule has 0 amide bonds. The Hall–Kier alpha value is -1.75. The highest BCUT2D eigenvalue weighted by molar-refractivity contribution is 5.29. The van der Waals surface area contributed by atoms with Gasteiger partial charge in [0.1, 0.15) is 18.0 Å². The summed E-state index contributed by atoms with van der Waals surface area (Å²) in [6.07, 6.45) is 0.981. The number of aliphatic hydroxyl groups is 1. The summed E-state index contributed by atoms with van der Waals surface area (Å²) < 4.78 is 14.7. The highest BCUT2D eigenvalue weighted by Crippen LogP contribution is 2.21. The first-order valence-corrected chi connectivity index (χ1v) is 5.35. The molecule has 1 heterocycles. The van der Waals surface area contributed by atoms with E-state index in [0.717, 1.165) is 5.56 Å². The number of halogens is 1. The van der Waals surface area contributed by atoms with Crippen LogP contribution in [0.2, 0.25) is 0 Å². The molecule has 2 aromatic rings. The van der Waals surface area contributed by atoms with Gasteiger partial charge < -0.3 is 5.11 Å². The lowest BCUT2D eigenvalue weighted by Crippen LogP contribution is -2.09. The molecule has 1 atom stereocenters. The van der Waals surface area contributed by atoms with Crippen molar-refractivity contribution in [3.8, 4) is 0 Å². The van der Waals surface area contributed by atoms with Crippen LogP contribution in [0, 0.1) is 12.7 Å². The third kappa shape index (κ3) is 2.50. The van der Waals surface area contributed by atoms with E-state index in [2.05, 4.69) is 10.1 Å². The normalized spacial score (nSPS) is 12.7. The highest BCUT2D eigenvalue weighted by Gasteiger charge is 2.14. The maximum atomic E-state index is 13.1. The molecule has 0 radical (unpaired) electrons. The predicted molar refractivity (Wildman–Crippen MR) is 60.8 cm³/mol. The first kappa shape index (κ1) is 11.7. The molecule has 1 aromatic carbocycles. The van der Waals surface area contributed by atoms with E-state index in [-0.39, 0.29) is 5.82 Å². The summed E-state index contributed by atoms with van der Waals surface area (Å²) in [4.78, 5) is 4.03. The van der Waals surface area contributed by atoms with Crippen molar-refractivity contribution in [1.82, 2.24) is 14.8 Å². The summed E-state index contributed by atoms with van der Waals surface area (Å²) in [5, 5.41) is 14.0. The molecular formula is C12H14FN3O. The third-order valence-corrected chi connectivity index (χ3v) is 2.78. The number of aromatic nitrogens is 3. The van der Waals surface area contributed by atoms with E-state index < -0.39 is 6.10 Å². The van der Waals surface area contributed by atoms with Gasteiger partial charge in [0.05, 0.1) is 6.10 Å². The minimum absolute atomic E-state index is 0.320. The Balaban J connectivity index is 2.23. The quantitative estimate of drug-likeness (QED) is 0.878. The summed E-state index contributed by atoms with van der Waals surface area (Å²) in [5.41, 5.74) is 1.45. The minimum Gasteiger partial charge on any atom is -0.388 e. The maximum absolute atomic E-state index is 13.1. The standard InChI is InChI=1S/C12H14FN3O/c1-8-3-4-9(13)5-10(8)11(17)6-12-14-7-15-16(12)2/h3-5,7,11,17H,6H2,1-2H3. The average molecular weight is 235 g/mol. The number of nitrogens with zero attached hydrogens (tertiary/aromatic N) is 3. The zero-order chi connectivity index (χ0) is 12.4. The van der Waals surface area contributed by atoms with Crippen LogP contribution in [0.25, 0.3) is 0 Å². The van der Waals surface area contributed by atoms with Crippen molar-refractivity contribution in [3.63, 3.8) is 0 Å². The first-order chi connectivity index (χ1) is 8.08. The molecule has 0 fully saturated rings. The zero-order valence-electron chi connectivity index (χ0n) is 9.76. The van der Waals surface area contributed by atoms with Crippen LogP contribution in [0.5, 0.6) is 0 Å². The van der Waals surface area contributed by atoms with Crippen LogP contribution < -0.4 is 0 Å². The van der Waals surface area contributed by atoms with E-state index in [1.807, 2.05) is 6.92 Å². The lowest BCUT2D eigenvalue weighted by Gasteiger charge is -2.13. The van der Waals surface area contributed by atoms with Gasteiger partial charge in [0.25, 0.3) is 0 Å². The van der Waals surface area contributed by atoms with Gasteiger partial charge in [-0.15, -0.1) is 0 Å². The first-order valence-electron chi connectivity index (χ1n) is 5.35. The second kappa shape index (κ2) is 4.63. The molecule has 0 aliphatic rings. The topological polar surface area (TPSA) is 50.9 Å². The summed E-state index contributed by atoms with van der Waals surface area (Å²) in [5.74, 6) is 0.323. The fourth-order valence-electron chi connectivity index (χ4n) is 1.76. The van der Waals surface area contributed by atoms with Gasteiger partial charge in [-0.25, -0.2) is 9.37 Å². The van der Waals surface area contributed by atoms with Crippen LogP contribution >= 0.6 is 0 Å². The summed E-state index contributed by atoms with van der Waals surface area (Å²) in [6.45, 7) is 1.84. The molecule has 1 unspecified atom stereocenters. The third-order valence-electron chi connectivity index (χ3n) is 2.78. The average Bonchev–Trinajstić information content (AvgIpc) is 2.68. The molecule has 17 heavy (non-hydrogen) atoms. The number of aryl methyl sites for hydroxylation is 2. The van der Waals surface area contributed by atoms with Crippen molar-refractivity contribution in [2.75, 3.05) is 0 Å². The monoisotopic (exact) mass is 235 g/mol. The Kier molecular flexibility index (Phi) is 3.19. The predicted octanol–water partition coefficient (Wildman–Crippen LogP) is 1.54. The molecule has 0 spiro atoms. The lowest BCUT2D eigenvalue weighted by molar-refractivity contribution is 0.173. The SMILES string of the molecule is Cc1ccc(F)cc1C(O)Cc1ncnn1C. The maximum Gasteiger partial charge on any atom is 0.138 e. The highest BCUT2D eigenvalue weighted by atomic mass is 19.1. The number of hydrogen-bond acceptors (Lipinski definition) is 3. The van der Waals surface area contributed by atoms with E-state index in [9.17, 15) is 9.50 Å². The van der Waals surface area contributed by atoms with Crippen molar-refractivity contribution in [2.45, 2.75) is 19.4 Å². The molecule has 0 aliphatic carbocycles. The van der Waals surface area contributed by atoms with Gasteiger partial charge >= 0.3 is 0 Å². The van der Waals surface area contributed by atoms with Crippen LogP contribution in [0.3, 0.4) is 0 Å². The summed E-state index contributed by atoms with van der Waals surface area (Å²) in [6, 6.07) is 4.40. The molecule has 0 saturated carbocycles. The van der Waals surface area contributed by atoms with Crippen molar-refractivity contribution in [3.05, 3.63) is 47.3 Å². The fourth-order valence-corrected chi connectivity index (χ4v) is 1.76. The second-order valence-corrected chi connectivity index (χ2v) is 4.02. The molecule has 0 saturated heterocycles. The number of hydrogen-bond donors (Lipinski definition) is 1. The van der Waals surface area contributed by atoms with Crippen LogP contribution in [-0.2, 0) is 13.5 Å². The van der Waals surface area contributed by atoms with Gasteiger partial charge in [-0.05, 0) is 30.2 Å². The van der Waals surface area contributed by atoms with E-state index in [1.165, 1.54) is 18.5 Å². The molecule has 0 aliphatic heterocycles. The van der Waals surface area contributed by atoms with E-state index in [0.29, 0.717) is 17.8 Å². The molecular weight excluding hydrogens is 221 g/mol. The van der Waals surface area contributed by atoms with Gasteiger partial charge in [0, 0.05) is 13.5 Å². The Morgan fingerprint density at radius 3 is 2.88 bits per heavy atom. The Bertz CT molecular complexity index is 524. The Morgan fingerprint density at radius 2 is 2.24 bits per heavy atom. The summed E-state index contributed by atoms with van der Waals surface area (Å²) in [7, 11) is 1.76. The smallest absolute Gasteiger partial charge is 0.138 e. The number of benzene rings is 1. The molecule has 2 rings (SSSR count). The van der Waals surface area contributed by atoms with Crippen LogP contribution in [0.1, 0.15) is 23.1 Å². The summed E-state index contributed by atoms with van der Waals surface area (Å²) >= 11 is 0. The van der Waals surface area contributed by atoms with Gasteiger partial charge in [-0.2, -0.15) is 5.10 Å². The minimum atomic E-state index is -0.770. The largest absolute Gasteiger partial charge is 0.388 e. The Labute approximate surface area is 98.7 Å². The van der Waals surface area contributed by atoms with Gasteiger partial charge in [0.2, 0.25) is 0 Å².